The minimum absolute atomic E-state index is 0.0440. The molecule has 1 aromatic carbocycles. The second kappa shape index (κ2) is 6.90. The van der Waals surface area contributed by atoms with Gasteiger partial charge in [-0.1, -0.05) is 26.0 Å². The lowest BCUT2D eigenvalue weighted by atomic mass is 10.0. The number of nitrogens with one attached hydrogen (secondary N) is 1. The van der Waals surface area contributed by atoms with Gasteiger partial charge in [-0.3, -0.25) is 9.59 Å². The summed E-state index contributed by atoms with van der Waals surface area (Å²) in [6.45, 7) is 6.38. The molecule has 0 spiro atoms. The summed E-state index contributed by atoms with van der Waals surface area (Å²) in [6.07, 6.45) is 1.33. The molecule has 2 atom stereocenters. The molecule has 2 amide bonds. The van der Waals surface area contributed by atoms with Gasteiger partial charge in [-0.2, -0.15) is 0 Å². The number of nitrogens with zero attached hydrogens (tertiary/aromatic N) is 1. The molecule has 4 nitrogen and oxygen atoms in total. The van der Waals surface area contributed by atoms with Gasteiger partial charge in [0.25, 0.3) is 0 Å². The molecule has 1 saturated heterocycles. The lowest BCUT2D eigenvalue weighted by molar-refractivity contribution is -0.139. The molecule has 22 heavy (non-hydrogen) atoms. The zero-order chi connectivity index (χ0) is 16.3. The first-order valence-electron chi connectivity index (χ1n) is 7.75. The average Bonchev–Trinajstić information content (AvgIpc) is 2.85. The van der Waals surface area contributed by atoms with E-state index < -0.39 is 6.04 Å². The zero-order valence-corrected chi connectivity index (χ0v) is 13.3. The van der Waals surface area contributed by atoms with Gasteiger partial charge in [-0.25, -0.2) is 4.39 Å². The maximum Gasteiger partial charge on any atom is 0.243 e. The number of benzene rings is 1. The van der Waals surface area contributed by atoms with Crippen LogP contribution in [-0.2, 0) is 9.59 Å². The van der Waals surface area contributed by atoms with E-state index in [4.69, 9.17) is 0 Å². The number of hydrogen-bond acceptors (Lipinski definition) is 2. The van der Waals surface area contributed by atoms with E-state index in [2.05, 4.69) is 5.32 Å². The topological polar surface area (TPSA) is 49.4 Å². The fraction of sp³-hybridized carbons (Fsp3) is 0.529. The number of halogens is 1. The van der Waals surface area contributed by atoms with Crippen molar-refractivity contribution >= 4 is 11.8 Å². The first kappa shape index (κ1) is 16.5. The Bertz CT molecular complexity index is 542. The third-order valence-electron chi connectivity index (χ3n) is 4.07. The Morgan fingerprint density at radius 3 is 2.36 bits per heavy atom. The van der Waals surface area contributed by atoms with Crippen LogP contribution >= 0.6 is 0 Å². The van der Waals surface area contributed by atoms with Crippen molar-refractivity contribution in [1.82, 2.24) is 10.2 Å². The van der Waals surface area contributed by atoms with Crippen LogP contribution in [0, 0.1) is 11.7 Å². The van der Waals surface area contributed by atoms with Crippen LogP contribution in [0.2, 0.25) is 0 Å². The van der Waals surface area contributed by atoms with E-state index in [1.54, 1.807) is 17.0 Å². The Hall–Kier alpha value is -1.91. The van der Waals surface area contributed by atoms with E-state index in [9.17, 15) is 14.0 Å². The molecule has 1 aliphatic heterocycles. The minimum atomic E-state index is -0.446. The predicted molar refractivity (Wildman–Crippen MR) is 82.5 cm³/mol. The summed E-state index contributed by atoms with van der Waals surface area (Å²) in [5.41, 5.74) is 0.838. The van der Waals surface area contributed by atoms with E-state index >= 15 is 0 Å². The van der Waals surface area contributed by atoms with Crippen LogP contribution in [0.25, 0.3) is 0 Å². The highest BCUT2D eigenvalue weighted by atomic mass is 19.1. The van der Waals surface area contributed by atoms with Crippen LogP contribution in [0.4, 0.5) is 4.39 Å². The fourth-order valence-corrected chi connectivity index (χ4v) is 2.90. The molecule has 0 radical (unpaired) electrons. The third kappa shape index (κ3) is 3.64. The van der Waals surface area contributed by atoms with E-state index in [1.807, 2.05) is 20.8 Å². The molecule has 2 rings (SSSR count). The molecule has 0 saturated carbocycles. The molecular weight excluding hydrogens is 283 g/mol. The number of hydrogen-bond donors (Lipinski definition) is 1. The van der Waals surface area contributed by atoms with Gasteiger partial charge in [0.05, 0.1) is 6.04 Å². The third-order valence-corrected chi connectivity index (χ3v) is 4.07. The molecule has 5 heteroatoms. The Labute approximate surface area is 130 Å². The SMILES string of the molecule is CC(C)[C@@H](C(=O)N[C@H](C)c1ccc(F)cc1)N1CCCC1=O. The highest BCUT2D eigenvalue weighted by Crippen LogP contribution is 2.21. The van der Waals surface area contributed by atoms with Gasteiger partial charge in [0.1, 0.15) is 11.9 Å². The van der Waals surface area contributed by atoms with Crippen LogP contribution in [-0.4, -0.2) is 29.3 Å². The van der Waals surface area contributed by atoms with Gasteiger partial charge in [-0.05, 0) is 37.0 Å². The zero-order valence-electron chi connectivity index (χ0n) is 13.3. The number of carbonyl (C=O) groups is 2. The molecule has 0 unspecified atom stereocenters. The summed E-state index contributed by atoms with van der Waals surface area (Å²) in [5, 5.41) is 2.94. The second-order valence-corrected chi connectivity index (χ2v) is 6.16. The van der Waals surface area contributed by atoms with E-state index in [0.29, 0.717) is 13.0 Å². The van der Waals surface area contributed by atoms with Crippen LogP contribution in [0.15, 0.2) is 24.3 Å². The smallest absolute Gasteiger partial charge is 0.243 e. The van der Waals surface area contributed by atoms with Gasteiger partial charge < -0.3 is 10.2 Å². The molecule has 0 bridgehead atoms. The van der Waals surface area contributed by atoms with Gasteiger partial charge in [0, 0.05) is 13.0 Å². The minimum Gasteiger partial charge on any atom is -0.348 e. The summed E-state index contributed by atoms with van der Waals surface area (Å²) in [7, 11) is 0. The van der Waals surface area contributed by atoms with E-state index in [0.717, 1.165) is 12.0 Å². The van der Waals surface area contributed by atoms with Crippen molar-refractivity contribution in [3.05, 3.63) is 35.6 Å². The number of likely N-dealkylation sites (tertiary alicyclic amines) is 1. The van der Waals surface area contributed by atoms with Crippen molar-refractivity contribution in [2.75, 3.05) is 6.54 Å². The molecule has 1 fully saturated rings. The van der Waals surface area contributed by atoms with E-state index in [-0.39, 0.29) is 29.6 Å². The Balaban J connectivity index is 2.07. The van der Waals surface area contributed by atoms with Gasteiger partial charge in [0.2, 0.25) is 11.8 Å². The Morgan fingerprint density at radius 2 is 1.86 bits per heavy atom. The highest BCUT2D eigenvalue weighted by Gasteiger charge is 2.35. The van der Waals surface area contributed by atoms with Crippen molar-refractivity contribution in [3.63, 3.8) is 0 Å². The molecular formula is C17H23FN2O2. The molecule has 1 heterocycles. The summed E-state index contributed by atoms with van der Waals surface area (Å²) in [5.74, 6) is -0.363. The standard InChI is InChI=1S/C17H23FN2O2/c1-11(2)16(20-10-4-5-15(20)21)17(22)19-12(3)13-6-8-14(18)9-7-13/h6-9,11-12,16H,4-5,10H2,1-3H3,(H,19,22)/t12-,16+/m1/s1. The summed E-state index contributed by atoms with van der Waals surface area (Å²) in [4.78, 5) is 26.2. The van der Waals surface area contributed by atoms with Crippen LogP contribution in [0.5, 0.6) is 0 Å². The van der Waals surface area contributed by atoms with Crippen LogP contribution in [0.1, 0.15) is 45.2 Å². The number of rotatable bonds is 5. The lowest BCUT2D eigenvalue weighted by Crippen LogP contribution is -2.50. The quantitative estimate of drug-likeness (QED) is 0.909. The maximum absolute atomic E-state index is 13.0. The van der Waals surface area contributed by atoms with Crippen LogP contribution in [0.3, 0.4) is 0 Å². The van der Waals surface area contributed by atoms with Gasteiger partial charge in [-0.15, -0.1) is 0 Å². The van der Waals surface area contributed by atoms with Gasteiger partial charge in [0.15, 0.2) is 0 Å². The average molecular weight is 306 g/mol. The Morgan fingerprint density at radius 1 is 1.23 bits per heavy atom. The lowest BCUT2D eigenvalue weighted by Gasteiger charge is -2.31. The molecule has 0 aliphatic carbocycles. The first-order chi connectivity index (χ1) is 10.4. The van der Waals surface area contributed by atoms with Gasteiger partial charge >= 0.3 is 0 Å². The molecule has 1 aromatic rings. The van der Waals surface area contributed by atoms with Crippen molar-refractivity contribution in [3.8, 4) is 0 Å². The monoisotopic (exact) mass is 306 g/mol. The van der Waals surface area contributed by atoms with Crippen molar-refractivity contribution in [2.45, 2.75) is 45.7 Å². The van der Waals surface area contributed by atoms with E-state index in [1.165, 1.54) is 12.1 Å². The molecule has 120 valence electrons. The summed E-state index contributed by atoms with van der Waals surface area (Å²) >= 11 is 0. The first-order valence-corrected chi connectivity index (χ1v) is 7.75. The second-order valence-electron chi connectivity index (χ2n) is 6.16. The number of carbonyl (C=O) groups excluding carboxylic acids is 2. The summed E-state index contributed by atoms with van der Waals surface area (Å²) in [6, 6.07) is 5.39. The number of amides is 2. The highest BCUT2D eigenvalue weighted by molar-refractivity contribution is 5.89. The van der Waals surface area contributed by atoms with Crippen molar-refractivity contribution < 1.29 is 14.0 Å². The fourth-order valence-electron chi connectivity index (χ4n) is 2.90. The molecule has 1 aliphatic rings. The largest absolute Gasteiger partial charge is 0.348 e. The van der Waals surface area contributed by atoms with Crippen molar-refractivity contribution in [2.24, 2.45) is 5.92 Å². The summed E-state index contributed by atoms with van der Waals surface area (Å²) < 4.78 is 13.0. The Kier molecular flexibility index (Phi) is 5.16. The molecule has 0 aromatic heterocycles. The van der Waals surface area contributed by atoms with Crippen molar-refractivity contribution in [1.29, 1.82) is 0 Å². The van der Waals surface area contributed by atoms with Crippen LogP contribution < -0.4 is 5.32 Å². The predicted octanol–water partition coefficient (Wildman–Crippen LogP) is 2.65. The maximum atomic E-state index is 13.0. The normalized spacial score (nSPS) is 17.7. The molecule has 1 N–H and O–H groups in total.